The van der Waals surface area contributed by atoms with Crippen molar-refractivity contribution < 1.29 is 14.6 Å². The molecule has 2 rings (SSSR count). The van der Waals surface area contributed by atoms with Crippen LogP contribution in [0.3, 0.4) is 0 Å². The van der Waals surface area contributed by atoms with Crippen LogP contribution in [-0.2, 0) is 18.3 Å². The van der Waals surface area contributed by atoms with Crippen molar-refractivity contribution in [2.45, 2.75) is 26.4 Å². The van der Waals surface area contributed by atoms with Crippen LogP contribution in [0.5, 0.6) is 5.75 Å². The quantitative estimate of drug-likeness (QED) is 0.803. The van der Waals surface area contributed by atoms with E-state index in [2.05, 4.69) is 10.4 Å². The summed E-state index contributed by atoms with van der Waals surface area (Å²) in [5.41, 5.74) is 2.66. The number of aromatic nitrogens is 2. The van der Waals surface area contributed by atoms with E-state index in [1.807, 2.05) is 51.2 Å². The number of carbonyl (C=O) groups excluding carboxylic acids is 1. The molecule has 1 atom stereocenters. The van der Waals surface area contributed by atoms with Gasteiger partial charge in [0.05, 0.1) is 11.8 Å². The number of aryl methyl sites for hydroxylation is 2. The molecule has 0 aliphatic heterocycles. The van der Waals surface area contributed by atoms with Gasteiger partial charge in [0, 0.05) is 20.0 Å². The minimum Gasteiger partial charge on any atom is -0.480 e. The summed E-state index contributed by atoms with van der Waals surface area (Å²) in [6, 6.07) is 9.67. The van der Waals surface area contributed by atoms with E-state index < -0.39 is 6.10 Å². The van der Waals surface area contributed by atoms with Crippen LogP contribution in [0.2, 0.25) is 0 Å². The summed E-state index contributed by atoms with van der Waals surface area (Å²) in [5.74, 6) is 0.368. The summed E-state index contributed by atoms with van der Waals surface area (Å²) in [4.78, 5) is 11.8. The van der Waals surface area contributed by atoms with Crippen molar-refractivity contribution in [1.29, 1.82) is 0 Å². The lowest BCUT2D eigenvalue weighted by Gasteiger charge is -2.12. The lowest BCUT2D eigenvalue weighted by molar-refractivity contribution is -0.123. The highest BCUT2D eigenvalue weighted by Crippen LogP contribution is 2.20. The van der Waals surface area contributed by atoms with Crippen LogP contribution in [-0.4, -0.2) is 40.0 Å². The summed E-state index contributed by atoms with van der Waals surface area (Å²) in [6.07, 6.45) is -0.119. The van der Waals surface area contributed by atoms with Crippen LogP contribution in [0, 0.1) is 13.8 Å². The molecule has 0 spiro atoms. The molecule has 0 aliphatic carbocycles. The molecule has 6 heteroatoms. The molecule has 0 bridgehead atoms. The lowest BCUT2D eigenvalue weighted by Crippen LogP contribution is -2.36. The first-order chi connectivity index (χ1) is 11.0. The van der Waals surface area contributed by atoms with Crippen LogP contribution < -0.4 is 10.1 Å². The first kappa shape index (κ1) is 17.0. The summed E-state index contributed by atoms with van der Waals surface area (Å²) < 4.78 is 7.24. The number of benzene rings is 1. The van der Waals surface area contributed by atoms with E-state index in [1.165, 1.54) is 0 Å². The molecular weight excluding hydrogens is 294 g/mol. The standard InChI is InChI=1S/C17H23N3O3/c1-12-17(13(2)20(3)19-12)23-11-16(22)18-10-15(21)9-14-7-5-4-6-8-14/h4-8,15,21H,9-11H2,1-3H3,(H,18,22). The van der Waals surface area contributed by atoms with Gasteiger partial charge in [-0.3, -0.25) is 9.48 Å². The van der Waals surface area contributed by atoms with Gasteiger partial charge in [0.15, 0.2) is 12.4 Å². The van der Waals surface area contributed by atoms with Crippen molar-refractivity contribution >= 4 is 5.91 Å². The molecule has 0 saturated heterocycles. The van der Waals surface area contributed by atoms with Gasteiger partial charge in [-0.1, -0.05) is 30.3 Å². The van der Waals surface area contributed by atoms with Gasteiger partial charge < -0.3 is 15.2 Å². The number of aliphatic hydroxyl groups excluding tert-OH is 1. The Kier molecular flexibility index (Phi) is 5.76. The maximum atomic E-state index is 11.8. The Balaban J connectivity index is 1.74. The number of nitrogens with one attached hydrogen (secondary N) is 1. The van der Waals surface area contributed by atoms with Gasteiger partial charge in [-0.05, 0) is 19.4 Å². The number of nitrogens with zero attached hydrogens (tertiary/aromatic N) is 2. The Labute approximate surface area is 136 Å². The van der Waals surface area contributed by atoms with Crippen LogP contribution >= 0.6 is 0 Å². The lowest BCUT2D eigenvalue weighted by atomic mass is 10.1. The monoisotopic (exact) mass is 317 g/mol. The molecule has 1 unspecified atom stereocenters. The minimum absolute atomic E-state index is 0.0918. The topological polar surface area (TPSA) is 76.4 Å². The van der Waals surface area contributed by atoms with Crippen molar-refractivity contribution in [2.75, 3.05) is 13.2 Å². The van der Waals surface area contributed by atoms with Gasteiger partial charge in [-0.2, -0.15) is 5.10 Å². The number of hydrogen-bond acceptors (Lipinski definition) is 4. The smallest absolute Gasteiger partial charge is 0.258 e. The molecule has 0 fully saturated rings. The third kappa shape index (κ3) is 4.82. The number of amides is 1. The van der Waals surface area contributed by atoms with Gasteiger partial charge in [0.2, 0.25) is 0 Å². The normalized spacial score (nSPS) is 12.0. The second-order valence-electron chi connectivity index (χ2n) is 5.56. The van der Waals surface area contributed by atoms with Crippen molar-refractivity contribution in [3.8, 4) is 5.75 Å². The molecular formula is C17H23N3O3. The summed E-state index contributed by atoms with van der Waals surface area (Å²) >= 11 is 0. The number of rotatable bonds is 7. The minimum atomic E-state index is -0.622. The molecule has 23 heavy (non-hydrogen) atoms. The van der Waals surface area contributed by atoms with Crippen molar-refractivity contribution in [3.63, 3.8) is 0 Å². The predicted octanol–water partition coefficient (Wildman–Crippen LogP) is 1.14. The largest absolute Gasteiger partial charge is 0.480 e. The zero-order chi connectivity index (χ0) is 16.8. The molecule has 2 N–H and O–H groups in total. The Bertz CT molecular complexity index is 653. The third-order valence-corrected chi connectivity index (χ3v) is 3.64. The van der Waals surface area contributed by atoms with Gasteiger partial charge in [-0.25, -0.2) is 0 Å². The molecule has 1 amide bonds. The highest BCUT2D eigenvalue weighted by atomic mass is 16.5. The fraction of sp³-hybridized carbons (Fsp3) is 0.412. The first-order valence-electron chi connectivity index (χ1n) is 7.59. The second-order valence-corrected chi connectivity index (χ2v) is 5.56. The fourth-order valence-electron chi connectivity index (χ4n) is 2.34. The highest BCUT2D eigenvalue weighted by molar-refractivity contribution is 5.77. The number of hydrogen-bond donors (Lipinski definition) is 2. The summed E-state index contributed by atoms with van der Waals surface area (Å²) in [6.45, 7) is 3.83. The Morgan fingerprint density at radius 3 is 2.65 bits per heavy atom. The van der Waals surface area contributed by atoms with E-state index in [-0.39, 0.29) is 19.1 Å². The second kappa shape index (κ2) is 7.78. The van der Waals surface area contributed by atoms with Crippen LogP contribution in [0.25, 0.3) is 0 Å². The zero-order valence-electron chi connectivity index (χ0n) is 13.7. The van der Waals surface area contributed by atoms with E-state index >= 15 is 0 Å². The highest BCUT2D eigenvalue weighted by Gasteiger charge is 2.13. The van der Waals surface area contributed by atoms with Crippen LogP contribution in [0.15, 0.2) is 30.3 Å². The molecule has 2 aromatic rings. The van der Waals surface area contributed by atoms with Gasteiger partial charge >= 0.3 is 0 Å². The summed E-state index contributed by atoms with van der Waals surface area (Å²) in [5, 5.41) is 16.9. The molecule has 0 saturated carbocycles. The molecule has 6 nitrogen and oxygen atoms in total. The van der Waals surface area contributed by atoms with Gasteiger partial charge in [0.1, 0.15) is 5.69 Å². The maximum Gasteiger partial charge on any atom is 0.258 e. The SMILES string of the molecule is Cc1nn(C)c(C)c1OCC(=O)NCC(O)Cc1ccccc1. The first-order valence-corrected chi connectivity index (χ1v) is 7.59. The average Bonchev–Trinajstić information content (AvgIpc) is 2.77. The van der Waals surface area contributed by atoms with Crippen molar-refractivity contribution in [1.82, 2.24) is 15.1 Å². The average molecular weight is 317 g/mol. The predicted molar refractivity (Wildman–Crippen MR) is 87.3 cm³/mol. The molecule has 1 heterocycles. The van der Waals surface area contributed by atoms with Gasteiger partial charge in [-0.15, -0.1) is 0 Å². The number of ether oxygens (including phenoxy) is 1. The van der Waals surface area contributed by atoms with E-state index in [0.717, 1.165) is 17.0 Å². The Morgan fingerprint density at radius 2 is 2.04 bits per heavy atom. The Hall–Kier alpha value is -2.34. The Morgan fingerprint density at radius 1 is 1.35 bits per heavy atom. The number of aliphatic hydroxyl groups is 1. The molecule has 1 aromatic heterocycles. The fourth-order valence-corrected chi connectivity index (χ4v) is 2.34. The van der Waals surface area contributed by atoms with Crippen LogP contribution in [0.4, 0.5) is 0 Å². The summed E-state index contributed by atoms with van der Waals surface area (Å²) in [7, 11) is 1.83. The van der Waals surface area contributed by atoms with E-state index in [9.17, 15) is 9.90 Å². The van der Waals surface area contributed by atoms with E-state index in [0.29, 0.717) is 12.2 Å². The molecule has 124 valence electrons. The van der Waals surface area contributed by atoms with Gasteiger partial charge in [0.25, 0.3) is 5.91 Å². The maximum absolute atomic E-state index is 11.8. The molecule has 0 radical (unpaired) electrons. The number of carbonyl (C=O) groups is 1. The van der Waals surface area contributed by atoms with Crippen molar-refractivity contribution in [3.05, 3.63) is 47.3 Å². The zero-order valence-corrected chi connectivity index (χ0v) is 13.7. The van der Waals surface area contributed by atoms with E-state index in [4.69, 9.17) is 4.74 Å². The van der Waals surface area contributed by atoms with E-state index in [1.54, 1.807) is 4.68 Å². The third-order valence-electron chi connectivity index (χ3n) is 3.64. The van der Waals surface area contributed by atoms with Crippen molar-refractivity contribution in [2.24, 2.45) is 7.05 Å². The van der Waals surface area contributed by atoms with Crippen LogP contribution in [0.1, 0.15) is 17.0 Å². The molecule has 1 aromatic carbocycles. The molecule has 0 aliphatic rings.